The van der Waals surface area contributed by atoms with Crippen molar-refractivity contribution < 1.29 is 22.7 Å². The van der Waals surface area contributed by atoms with Gasteiger partial charge in [-0.25, -0.2) is 0 Å². The number of alkyl halides is 3. The molecule has 0 saturated heterocycles. The number of hydrogen-bond acceptors (Lipinski definition) is 2. The lowest BCUT2D eigenvalue weighted by atomic mass is 10.2. The van der Waals surface area contributed by atoms with Gasteiger partial charge in [0.1, 0.15) is 5.75 Å². The van der Waals surface area contributed by atoms with E-state index < -0.39 is 23.6 Å². The topological polar surface area (TPSA) is 52.3 Å². The fourth-order valence-corrected chi connectivity index (χ4v) is 1.08. The zero-order valence-electron chi connectivity index (χ0n) is 7.14. The molecule has 1 rings (SSSR count). The van der Waals surface area contributed by atoms with Crippen LogP contribution in [0.25, 0.3) is 0 Å². The summed E-state index contributed by atoms with van der Waals surface area (Å²) in [4.78, 5) is 10.8. The maximum absolute atomic E-state index is 11.9. The normalized spacial score (nSPS) is 11.2. The fraction of sp³-hybridized carbons (Fsp3) is 0.125. The first-order chi connectivity index (χ1) is 6.79. The lowest BCUT2D eigenvalue weighted by Gasteiger charge is -2.11. The molecule has 2 N–H and O–H groups in total. The number of ether oxygens (including phenoxy) is 1. The van der Waals surface area contributed by atoms with Crippen molar-refractivity contribution in [3.05, 3.63) is 28.8 Å². The van der Waals surface area contributed by atoms with E-state index in [4.69, 9.17) is 17.3 Å². The smallest absolute Gasteiger partial charge is 0.405 e. The van der Waals surface area contributed by atoms with E-state index in [1.165, 1.54) is 0 Å². The van der Waals surface area contributed by atoms with Crippen molar-refractivity contribution in [3.63, 3.8) is 0 Å². The van der Waals surface area contributed by atoms with E-state index in [9.17, 15) is 18.0 Å². The molecule has 0 spiro atoms. The Kier molecular flexibility index (Phi) is 3.09. The summed E-state index contributed by atoms with van der Waals surface area (Å²) in [7, 11) is 0. The average molecular weight is 240 g/mol. The third-order valence-corrected chi connectivity index (χ3v) is 1.67. The Morgan fingerprint density at radius 1 is 1.40 bits per heavy atom. The number of amides is 1. The summed E-state index contributed by atoms with van der Waals surface area (Å²) in [6.45, 7) is 0. The standard InChI is InChI=1S/C8H5ClF3NO2/c9-4-1-2-6(15-8(10,11)12)5(3-4)7(13)14/h1-3H,(H2,13,14). The molecule has 0 atom stereocenters. The van der Waals surface area contributed by atoms with E-state index in [-0.39, 0.29) is 5.02 Å². The van der Waals surface area contributed by atoms with E-state index in [0.717, 1.165) is 18.2 Å². The van der Waals surface area contributed by atoms with Crippen LogP contribution in [0.3, 0.4) is 0 Å². The number of hydrogen-bond donors (Lipinski definition) is 1. The zero-order valence-corrected chi connectivity index (χ0v) is 7.89. The summed E-state index contributed by atoms with van der Waals surface area (Å²) in [5.41, 5.74) is 4.44. The molecule has 1 aromatic carbocycles. The van der Waals surface area contributed by atoms with Crippen LogP contribution in [0.4, 0.5) is 13.2 Å². The summed E-state index contributed by atoms with van der Waals surface area (Å²) in [6, 6.07) is 3.09. The first kappa shape index (κ1) is 11.6. The van der Waals surface area contributed by atoms with Crippen LogP contribution in [0.15, 0.2) is 18.2 Å². The van der Waals surface area contributed by atoms with E-state index in [1.807, 2.05) is 0 Å². The van der Waals surface area contributed by atoms with Crippen LogP contribution in [-0.2, 0) is 0 Å². The minimum absolute atomic E-state index is 0.0957. The fourth-order valence-electron chi connectivity index (χ4n) is 0.908. The minimum atomic E-state index is -4.88. The quantitative estimate of drug-likeness (QED) is 0.861. The van der Waals surface area contributed by atoms with Gasteiger partial charge in [0.05, 0.1) is 5.56 Å². The van der Waals surface area contributed by atoms with Crippen LogP contribution in [-0.4, -0.2) is 12.3 Å². The monoisotopic (exact) mass is 239 g/mol. The second kappa shape index (κ2) is 3.98. The van der Waals surface area contributed by atoms with Gasteiger partial charge in [-0.3, -0.25) is 4.79 Å². The first-order valence-electron chi connectivity index (χ1n) is 3.65. The Balaban J connectivity index is 3.12. The van der Waals surface area contributed by atoms with Crippen molar-refractivity contribution in [1.29, 1.82) is 0 Å². The molecule has 7 heteroatoms. The van der Waals surface area contributed by atoms with Gasteiger partial charge < -0.3 is 10.5 Å². The molecule has 0 aromatic heterocycles. The number of rotatable bonds is 2. The van der Waals surface area contributed by atoms with Crippen molar-refractivity contribution in [2.45, 2.75) is 6.36 Å². The molecule has 1 amide bonds. The lowest BCUT2D eigenvalue weighted by molar-refractivity contribution is -0.274. The summed E-state index contributed by atoms with van der Waals surface area (Å²) >= 11 is 5.49. The number of carbonyl (C=O) groups excluding carboxylic acids is 1. The van der Waals surface area contributed by atoms with E-state index in [1.54, 1.807) is 0 Å². The highest BCUT2D eigenvalue weighted by Crippen LogP contribution is 2.28. The largest absolute Gasteiger partial charge is 0.573 e. The van der Waals surface area contributed by atoms with E-state index >= 15 is 0 Å². The highest BCUT2D eigenvalue weighted by molar-refractivity contribution is 6.31. The van der Waals surface area contributed by atoms with Gasteiger partial charge in [0.2, 0.25) is 0 Å². The highest BCUT2D eigenvalue weighted by atomic mass is 35.5. The van der Waals surface area contributed by atoms with Crippen molar-refractivity contribution in [2.24, 2.45) is 5.73 Å². The zero-order chi connectivity index (χ0) is 11.6. The summed E-state index contributed by atoms with van der Waals surface area (Å²) in [6.07, 6.45) is -4.88. The molecule has 0 fully saturated rings. The Bertz CT molecular complexity index is 392. The summed E-state index contributed by atoms with van der Waals surface area (Å²) in [5, 5.41) is 0.0957. The minimum Gasteiger partial charge on any atom is -0.405 e. The molecule has 0 aliphatic heterocycles. The molecule has 0 radical (unpaired) electrons. The Morgan fingerprint density at radius 2 is 2.00 bits per heavy atom. The van der Waals surface area contributed by atoms with Crippen LogP contribution in [0.2, 0.25) is 5.02 Å². The van der Waals surface area contributed by atoms with Gasteiger partial charge in [-0.05, 0) is 18.2 Å². The van der Waals surface area contributed by atoms with Gasteiger partial charge in [0.25, 0.3) is 5.91 Å². The Morgan fingerprint density at radius 3 is 2.47 bits per heavy atom. The molecular weight excluding hydrogens is 235 g/mol. The Labute approximate surface area is 87.6 Å². The number of halogens is 4. The lowest BCUT2D eigenvalue weighted by Crippen LogP contribution is -2.20. The third kappa shape index (κ3) is 3.32. The molecule has 0 unspecified atom stereocenters. The number of benzene rings is 1. The van der Waals surface area contributed by atoms with Gasteiger partial charge >= 0.3 is 6.36 Å². The van der Waals surface area contributed by atoms with Gasteiger partial charge in [-0.15, -0.1) is 13.2 Å². The first-order valence-corrected chi connectivity index (χ1v) is 4.02. The molecule has 0 aliphatic rings. The summed E-state index contributed by atoms with van der Waals surface area (Å²) < 4.78 is 39.2. The highest BCUT2D eigenvalue weighted by Gasteiger charge is 2.32. The predicted octanol–water partition coefficient (Wildman–Crippen LogP) is 2.34. The molecule has 0 heterocycles. The second-order valence-corrected chi connectivity index (χ2v) is 2.99. The van der Waals surface area contributed by atoms with Crippen LogP contribution < -0.4 is 10.5 Å². The average Bonchev–Trinajstić information content (AvgIpc) is 2.05. The number of carbonyl (C=O) groups is 1. The third-order valence-electron chi connectivity index (χ3n) is 1.43. The van der Waals surface area contributed by atoms with Gasteiger partial charge in [-0.1, -0.05) is 11.6 Å². The van der Waals surface area contributed by atoms with Crippen molar-refractivity contribution in [2.75, 3.05) is 0 Å². The molecule has 0 bridgehead atoms. The van der Waals surface area contributed by atoms with Crippen molar-refractivity contribution in [3.8, 4) is 5.75 Å². The van der Waals surface area contributed by atoms with Crippen LogP contribution in [0, 0.1) is 0 Å². The van der Waals surface area contributed by atoms with Gasteiger partial charge in [-0.2, -0.15) is 0 Å². The molecular formula is C8H5ClF3NO2. The molecule has 3 nitrogen and oxygen atoms in total. The molecule has 82 valence electrons. The summed E-state index contributed by atoms with van der Waals surface area (Å²) in [5.74, 6) is -1.71. The van der Waals surface area contributed by atoms with E-state index in [2.05, 4.69) is 4.74 Å². The van der Waals surface area contributed by atoms with Gasteiger partial charge in [0, 0.05) is 5.02 Å². The SMILES string of the molecule is NC(=O)c1cc(Cl)ccc1OC(F)(F)F. The maximum atomic E-state index is 11.9. The van der Waals surface area contributed by atoms with Crippen molar-refractivity contribution in [1.82, 2.24) is 0 Å². The Hall–Kier alpha value is -1.43. The van der Waals surface area contributed by atoms with Crippen molar-refractivity contribution >= 4 is 17.5 Å². The molecule has 0 aliphatic carbocycles. The second-order valence-electron chi connectivity index (χ2n) is 2.55. The molecule has 0 saturated carbocycles. The van der Waals surface area contributed by atoms with E-state index in [0.29, 0.717) is 0 Å². The van der Waals surface area contributed by atoms with Crippen LogP contribution in [0.1, 0.15) is 10.4 Å². The number of nitrogens with two attached hydrogens (primary N) is 1. The molecule has 1 aromatic rings. The number of primary amides is 1. The van der Waals surface area contributed by atoms with Gasteiger partial charge in [0.15, 0.2) is 0 Å². The molecule has 15 heavy (non-hydrogen) atoms. The predicted molar refractivity (Wildman–Crippen MR) is 46.7 cm³/mol. The van der Waals surface area contributed by atoms with Crippen LogP contribution >= 0.6 is 11.6 Å². The van der Waals surface area contributed by atoms with Crippen LogP contribution in [0.5, 0.6) is 5.75 Å². The maximum Gasteiger partial charge on any atom is 0.573 e.